The molecule has 1 aliphatic rings. The molecule has 0 saturated carbocycles. The van der Waals surface area contributed by atoms with E-state index in [9.17, 15) is 31.5 Å². The molecule has 1 amide bonds. The van der Waals surface area contributed by atoms with Crippen LogP contribution in [0.3, 0.4) is 0 Å². The summed E-state index contributed by atoms with van der Waals surface area (Å²) in [5.74, 6) is -1.77. The number of aryl methyl sites for hydroxylation is 1. The Balaban J connectivity index is 1.24. The Labute approximate surface area is 223 Å². The fraction of sp³-hybridized carbons (Fsp3) is 0.308. The van der Waals surface area contributed by atoms with Crippen LogP contribution >= 0.6 is 11.3 Å². The van der Waals surface area contributed by atoms with Gasteiger partial charge in [-0.3, -0.25) is 14.3 Å². The Morgan fingerprint density at radius 2 is 1.77 bits per heavy atom. The van der Waals surface area contributed by atoms with Crippen LogP contribution in [0.25, 0.3) is 22.6 Å². The molecular formula is C26H22F5N5O2S. The van der Waals surface area contributed by atoms with Crippen molar-refractivity contribution in [2.24, 2.45) is 7.05 Å². The van der Waals surface area contributed by atoms with Crippen molar-refractivity contribution < 1.29 is 26.7 Å². The van der Waals surface area contributed by atoms with Crippen LogP contribution in [0.15, 0.2) is 52.8 Å². The summed E-state index contributed by atoms with van der Waals surface area (Å²) >= 11 is 1.42. The number of benzene rings is 1. The quantitative estimate of drug-likeness (QED) is 0.318. The van der Waals surface area contributed by atoms with Crippen molar-refractivity contribution in [3.05, 3.63) is 80.5 Å². The van der Waals surface area contributed by atoms with Crippen molar-refractivity contribution in [1.29, 1.82) is 0 Å². The number of carbonyl (C=O) groups excluding carboxylic acids is 1. The first-order valence-electron chi connectivity index (χ1n) is 12.0. The lowest BCUT2D eigenvalue weighted by molar-refractivity contribution is -0.139. The van der Waals surface area contributed by atoms with E-state index in [1.807, 2.05) is 5.38 Å². The van der Waals surface area contributed by atoms with E-state index in [1.54, 1.807) is 13.1 Å². The summed E-state index contributed by atoms with van der Waals surface area (Å²) in [7, 11) is 1.60. The molecule has 39 heavy (non-hydrogen) atoms. The van der Waals surface area contributed by atoms with Gasteiger partial charge in [0.1, 0.15) is 35.1 Å². The maximum Gasteiger partial charge on any atom is 0.421 e. The lowest BCUT2D eigenvalue weighted by Crippen LogP contribution is -2.41. The number of piperidine rings is 1. The third-order valence-electron chi connectivity index (χ3n) is 6.71. The van der Waals surface area contributed by atoms with Crippen molar-refractivity contribution in [2.45, 2.75) is 31.5 Å². The number of nitrogens with zero attached hydrogens (tertiary/aromatic N) is 5. The maximum atomic E-state index is 14.3. The number of hydrogen-bond donors (Lipinski definition) is 0. The second-order valence-electron chi connectivity index (χ2n) is 9.21. The van der Waals surface area contributed by atoms with Crippen LogP contribution in [-0.2, 0) is 24.6 Å². The van der Waals surface area contributed by atoms with Gasteiger partial charge in [0, 0.05) is 37.6 Å². The Hall–Kier alpha value is -3.87. The highest BCUT2D eigenvalue weighted by molar-refractivity contribution is 7.10. The molecule has 13 heteroatoms. The fourth-order valence-electron chi connectivity index (χ4n) is 4.66. The van der Waals surface area contributed by atoms with Crippen LogP contribution < -0.4 is 5.56 Å². The van der Waals surface area contributed by atoms with Gasteiger partial charge in [0.25, 0.3) is 5.56 Å². The standard InChI is InChI=1S/C26H22F5N5O2S/c1-34-21(23-17(27)5-2-6-18(23)28)12-19(33-34)20-14-39-24(32-20)15-7-10-35(11-8-15)22(37)13-36-9-3-4-16(25(36)38)26(29,30)31/h2-6,9,12,14-15H,7-8,10-11,13H2,1H3. The van der Waals surface area contributed by atoms with E-state index in [0.29, 0.717) is 43.4 Å². The SMILES string of the molecule is Cn1nc(-c2csc(C3CCN(C(=O)Cn4cccc(C(F)(F)F)c4=O)CC3)n2)cc1-c1c(F)cccc1F. The van der Waals surface area contributed by atoms with Crippen LogP contribution in [0.5, 0.6) is 0 Å². The zero-order valence-electron chi connectivity index (χ0n) is 20.6. The molecule has 0 spiro atoms. The minimum atomic E-state index is -4.79. The monoisotopic (exact) mass is 563 g/mol. The number of hydrogen-bond acceptors (Lipinski definition) is 5. The van der Waals surface area contributed by atoms with Crippen LogP contribution in [0.2, 0.25) is 0 Å². The van der Waals surface area contributed by atoms with E-state index < -0.39 is 41.4 Å². The van der Waals surface area contributed by atoms with Crippen molar-refractivity contribution in [2.75, 3.05) is 13.1 Å². The first-order valence-corrected chi connectivity index (χ1v) is 12.9. The van der Waals surface area contributed by atoms with Gasteiger partial charge in [-0.2, -0.15) is 18.3 Å². The molecule has 1 fully saturated rings. The number of amides is 1. The fourth-order valence-corrected chi connectivity index (χ4v) is 5.65. The molecule has 1 aromatic carbocycles. The topological polar surface area (TPSA) is 73.0 Å². The normalized spacial score (nSPS) is 14.7. The number of rotatable bonds is 5. The van der Waals surface area contributed by atoms with Gasteiger partial charge >= 0.3 is 6.18 Å². The summed E-state index contributed by atoms with van der Waals surface area (Å²) in [5.41, 5.74) is -1.41. The van der Waals surface area contributed by atoms with Crippen molar-refractivity contribution in [3.8, 4) is 22.6 Å². The highest BCUT2D eigenvalue weighted by Gasteiger charge is 2.34. The van der Waals surface area contributed by atoms with Gasteiger partial charge in [0.2, 0.25) is 5.91 Å². The van der Waals surface area contributed by atoms with E-state index in [-0.39, 0.29) is 17.2 Å². The number of carbonyl (C=O) groups is 1. The highest BCUT2D eigenvalue weighted by Crippen LogP contribution is 2.34. The molecular weight excluding hydrogens is 541 g/mol. The Bertz CT molecular complexity index is 1560. The Morgan fingerprint density at radius 1 is 1.08 bits per heavy atom. The smallest absolute Gasteiger partial charge is 0.341 e. The van der Waals surface area contributed by atoms with Crippen LogP contribution in [-0.4, -0.2) is 43.2 Å². The Morgan fingerprint density at radius 3 is 2.44 bits per heavy atom. The molecule has 1 aliphatic heterocycles. The minimum Gasteiger partial charge on any atom is -0.341 e. The highest BCUT2D eigenvalue weighted by atomic mass is 32.1. The van der Waals surface area contributed by atoms with Crippen molar-refractivity contribution >= 4 is 17.2 Å². The van der Waals surface area contributed by atoms with Gasteiger partial charge in [-0.05, 0) is 43.2 Å². The second-order valence-corrected chi connectivity index (χ2v) is 10.1. The zero-order chi connectivity index (χ0) is 27.9. The average Bonchev–Trinajstić information content (AvgIpc) is 3.52. The third-order valence-corrected chi connectivity index (χ3v) is 7.72. The second kappa shape index (κ2) is 10.4. The molecule has 1 saturated heterocycles. The number of aromatic nitrogens is 4. The molecule has 204 valence electrons. The predicted octanol–water partition coefficient (Wildman–Crippen LogP) is 5.08. The molecule has 0 unspecified atom stereocenters. The predicted molar refractivity (Wildman–Crippen MR) is 134 cm³/mol. The van der Waals surface area contributed by atoms with Gasteiger partial charge in [-0.15, -0.1) is 11.3 Å². The van der Waals surface area contributed by atoms with Crippen molar-refractivity contribution in [1.82, 2.24) is 24.2 Å². The summed E-state index contributed by atoms with van der Waals surface area (Å²) < 4.78 is 69.8. The number of halogens is 5. The van der Waals surface area contributed by atoms with Gasteiger partial charge < -0.3 is 9.47 Å². The summed E-state index contributed by atoms with van der Waals surface area (Å²) in [6.07, 6.45) is -2.45. The molecule has 0 atom stereocenters. The summed E-state index contributed by atoms with van der Waals surface area (Å²) in [5, 5.41) is 7.02. The molecule has 4 heterocycles. The van der Waals surface area contributed by atoms with Gasteiger partial charge in [0.15, 0.2) is 0 Å². The van der Waals surface area contributed by atoms with E-state index in [4.69, 9.17) is 0 Å². The van der Waals surface area contributed by atoms with E-state index in [2.05, 4.69) is 10.1 Å². The Kier molecular flexibility index (Phi) is 7.10. The van der Waals surface area contributed by atoms with Crippen LogP contribution in [0.1, 0.15) is 29.3 Å². The van der Waals surface area contributed by atoms with E-state index in [0.717, 1.165) is 15.6 Å². The number of likely N-dealkylation sites (tertiary alicyclic amines) is 1. The van der Waals surface area contributed by atoms with Crippen LogP contribution in [0.4, 0.5) is 22.0 Å². The van der Waals surface area contributed by atoms with Gasteiger partial charge in [-0.25, -0.2) is 13.8 Å². The largest absolute Gasteiger partial charge is 0.421 e. The van der Waals surface area contributed by atoms with Gasteiger partial charge in [-0.1, -0.05) is 6.07 Å². The third kappa shape index (κ3) is 5.35. The lowest BCUT2D eigenvalue weighted by atomic mass is 9.97. The molecule has 4 aromatic rings. The molecule has 0 bridgehead atoms. The van der Waals surface area contributed by atoms with Crippen molar-refractivity contribution in [3.63, 3.8) is 0 Å². The molecule has 0 N–H and O–H groups in total. The summed E-state index contributed by atoms with van der Waals surface area (Å²) in [4.78, 5) is 31.1. The summed E-state index contributed by atoms with van der Waals surface area (Å²) in [6.45, 7) is 0.262. The molecule has 0 aliphatic carbocycles. The molecule has 3 aromatic heterocycles. The first-order chi connectivity index (χ1) is 18.5. The number of pyridine rings is 1. The lowest BCUT2D eigenvalue weighted by Gasteiger charge is -2.31. The molecule has 0 radical (unpaired) electrons. The first kappa shape index (κ1) is 26.7. The number of alkyl halides is 3. The van der Waals surface area contributed by atoms with Crippen LogP contribution in [0, 0.1) is 11.6 Å². The van der Waals surface area contributed by atoms with Gasteiger partial charge in [0.05, 0.1) is 16.3 Å². The number of thiazole rings is 1. The zero-order valence-corrected chi connectivity index (χ0v) is 21.4. The summed E-state index contributed by atoms with van der Waals surface area (Å²) in [6, 6.07) is 7.03. The molecule has 5 rings (SSSR count). The maximum absolute atomic E-state index is 14.3. The van der Waals surface area contributed by atoms with E-state index in [1.165, 1.54) is 45.3 Å². The van der Waals surface area contributed by atoms with E-state index >= 15 is 0 Å². The minimum absolute atomic E-state index is 0.0521. The molecule has 7 nitrogen and oxygen atoms in total. The average molecular weight is 564 g/mol.